The van der Waals surface area contributed by atoms with E-state index in [-0.39, 0.29) is 41.4 Å². The Labute approximate surface area is 194 Å². The minimum atomic E-state index is -2.62. The quantitative estimate of drug-likeness (QED) is 0.449. The number of hydrogen-bond donors (Lipinski definition) is 3. The lowest BCUT2D eigenvalue weighted by molar-refractivity contribution is 0.00871. The van der Waals surface area contributed by atoms with Crippen molar-refractivity contribution < 1.29 is 32.3 Å². The van der Waals surface area contributed by atoms with Crippen LogP contribution in [0.4, 0.5) is 26.0 Å². The molecule has 180 valence electrons. The number of fused-ring (bicyclic) bond motifs is 2. The molecule has 0 amide bonds. The third-order valence-electron chi connectivity index (χ3n) is 5.48. The minimum Gasteiger partial charge on any atom is -0.483 e. The number of halogens is 2. The Bertz CT molecular complexity index is 1360. The van der Waals surface area contributed by atoms with Crippen LogP contribution in [0.1, 0.15) is 0 Å². The summed E-state index contributed by atoms with van der Waals surface area (Å²) < 4.78 is 60.8. The van der Waals surface area contributed by atoms with Crippen molar-refractivity contribution in [2.24, 2.45) is 0 Å². The van der Waals surface area contributed by atoms with Gasteiger partial charge in [0.1, 0.15) is 47.8 Å². The topological polar surface area (TPSA) is 115 Å². The van der Waals surface area contributed by atoms with E-state index >= 15 is 4.39 Å². The monoisotopic (exact) mass is 492 g/mol. The highest BCUT2D eigenvalue weighted by Crippen LogP contribution is 2.36. The zero-order valence-corrected chi connectivity index (χ0v) is 18.9. The third-order valence-corrected chi connectivity index (χ3v) is 6.15. The Hall–Kier alpha value is -3.06. The number of anilines is 3. The highest BCUT2D eigenvalue weighted by atomic mass is 32.2. The maximum Gasteiger partial charge on any atom is 0.151 e. The molecule has 2 aromatic carbocycles. The number of nitrogens with one attached hydrogen (secondary N) is 2. The highest BCUT2D eigenvalue weighted by molar-refractivity contribution is 8.00. The summed E-state index contributed by atoms with van der Waals surface area (Å²) in [6, 6.07) is 6.56. The van der Waals surface area contributed by atoms with Crippen molar-refractivity contribution in [3.8, 4) is 5.75 Å². The van der Waals surface area contributed by atoms with Crippen molar-refractivity contribution in [2.75, 3.05) is 29.5 Å². The standard InChI is InChI=1S/C22H22F2N4O5S/c1-34(2,30)28-12-6-13(24)19-15(7-12)25-10-26-22(19)27-14-4-3-11(23)5-17(14)33-18-9-32-20-16(29)8-31-21(18)20/h3-7,10,16,18,20-21,29H,1,8-9H2,2H3,(H,28,30)(H,25,26,27). The van der Waals surface area contributed by atoms with Gasteiger partial charge in [-0.3, -0.25) is 0 Å². The number of benzene rings is 2. The second-order valence-electron chi connectivity index (χ2n) is 8.27. The molecule has 12 heteroatoms. The second-order valence-corrected chi connectivity index (χ2v) is 10.5. The Morgan fingerprint density at radius 1 is 1.18 bits per heavy atom. The van der Waals surface area contributed by atoms with Crippen LogP contribution in [0.5, 0.6) is 5.75 Å². The van der Waals surface area contributed by atoms with E-state index < -0.39 is 45.8 Å². The first-order valence-corrected chi connectivity index (χ1v) is 12.5. The average Bonchev–Trinajstić information content (AvgIpc) is 3.32. The molecule has 34 heavy (non-hydrogen) atoms. The van der Waals surface area contributed by atoms with Gasteiger partial charge in [0.05, 0.1) is 35.5 Å². The smallest absolute Gasteiger partial charge is 0.151 e. The highest BCUT2D eigenvalue weighted by Gasteiger charge is 2.48. The maximum absolute atomic E-state index is 15.0. The molecule has 0 radical (unpaired) electrons. The fraction of sp³-hybridized carbons (Fsp3) is 0.318. The normalized spacial score (nSPS) is 25.6. The van der Waals surface area contributed by atoms with Gasteiger partial charge in [0.2, 0.25) is 0 Å². The molecule has 0 spiro atoms. The van der Waals surface area contributed by atoms with Crippen LogP contribution in [0.2, 0.25) is 0 Å². The summed E-state index contributed by atoms with van der Waals surface area (Å²) in [5.41, 5.74) is 0.852. The molecule has 0 saturated carbocycles. The molecule has 3 aromatic rings. The van der Waals surface area contributed by atoms with Crippen LogP contribution in [-0.4, -0.2) is 69.0 Å². The van der Waals surface area contributed by atoms with E-state index in [1.807, 2.05) is 0 Å². The van der Waals surface area contributed by atoms with Crippen LogP contribution in [0, 0.1) is 11.6 Å². The zero-order valence-electron chi connectivity index (χ0n) is 18.0. The summed E-state index contributed by atoms with van der Waals surface area (Å²) in [4.78, 5) is 8.25. The summed E-state index contributed by atoms with van der Waals surface area (Å²) in [5, 5.41) is 13.0. The lowest BCUT2D eigenvalue weighted by Gasteiger charge is -2.20. The first-order valence-electron chi connectivity index (χ1n) is 10.4. The average molecular weight is 493 g/mol. The first-order chi connectivity index (χ1) is 16.2. The van der Waals surface area contributed by atoms with Gasteiger partial charge in [0.15, 0.2) is 6.10 Å². The molecule has 2 saturated heterocycles. The molecule has 2 fully saturated rings. The van der Waals surface area contributed by atoms with Gasteiger partial charge in [0, 0.05) is 22.0 Å². The van der Waals surface area contributed by atoms with E-state index in [0.717, 1.165) is 0 Å². The molecular weight excluding hydrogens is 470 g/mol. The molecule has 1 aromatic heterocycles. The van der Waals surface area contributed by atoms with Crippen LogP contribution in [0.3, 0.4) is 0 Å². The summed E-state index contributed by atoms with van der Waals surface area (Å²) in [6.07, 6.45) is 0.332. The summed E-state index contributed by atoms with van der Waals surface area (Å²) >= 11 is 0. The van der Waals surface area contributed by atoms with Crippen molar-refractivity contribution in [1.29, 1.82) is 0 Å². The molecule has 5 atom stereocenters. The molecule has 2 aliphatic rings. The van der Waals surface area contributed by atoms with Crippen molar-refractivity contribution in [3.05, 3.63) is 48.3 Å². The van der Waals surface area contributed by atoms with Gasteiger partial charge in [-0.1, -0.05) is 0 Å². The number of aliphatic hydroxyl groups is 1. The largest absolute Gasteiger partial charge is 0.483 e. The predicted octanol–water partition coefficient (Wildman–Crippen LogP) is 2.23. The third kappa shape index (κ3) is 4.49. The van der Waals surface area contributed by atoms with Crippen molar-refractivity contribution >= 4 is 43.7 Å². The minimum absolute atomic E-state index is 0.0847. The number of hydrogen-bond acceptors (Lipinski definition) is 8. The van der Waals surface area contributed by atoms with Gasteiger partial charge in [0.25, 0.3) is 0 Å². The van der Waals surface area contributed by atoms with Crippen molar-refractivity contribution in [2.45, 2.75) is 24.4 Å². The molecule has 0 aliphatic carbocycles. The van der Waals surface area contributed by atoms with Crippen LogP contribution >= 0.6 is 0 Å². The van der Waals surface area contributed by atoms with Crippen LogP contribution < -0.4 is 14.8 Å². The van der Waals surface area contributed by atoms with E-state index in [2.05, 4.69) is 25.9 Å². The number of ether oxygens (including phenoxy) is 3. The summed E-state index contributed by atoms with van der Waals surface area (Å²) in [7, 11) is -2.62. The summed E-state index contributed by atoms with van der Waals surface area (Å²) in [6.45, 7) is 0.295. The van der Waals surface area contributed by atoms with Crippen LogP contribution in [-0.2, 0) is 19.2 Å². The van der Waals surface area contributed by atoms with Gasteiger partial charge in [-0.25, -0.2) is 23.0 Å². The molecule has 0 bridgehead atoms. The van der Waals surface area contributed by atoms with E-state index in [4.69, 9.17) is 14.2 Å². The SMILES string of the molecule is C=S(C)(=O)Nc1cc(F)c2c(Nc3ccc(F)cc3OC3COC4C(O)COC34)ncnc2c1. The van der Waals surface area contributed by atoms with E-state index in [9.17, 15) is 13.7 Å². The zero-order chi connectivity index (χ0) is 24.0. The number of rotatable bonds is 6. The fourth-order valence-corrected chi connectivity index (χ4v) is 4.69. The first kappa shape index (κ1) is 22.7. The van der Waals surface area contributed by atoms with Gasteiger partial charge in [-0.15, -0.1) is 0 Å². The van der Waals surface area contributed by atoms with Crippen LogP contribution in [0.25, 0.3) is 10.9 Å². The van der Waals surface area contributed by atoms with Crippen molar-refractivity contribution in [1.82, 2.24) is 9.97 Å². The molecule has 9 nitrogen and oxygen atoms in total. The van der Waals surface area contributed by atoms with Gasteiger partial charge in [-0.2, -0.15) is 0 Å². The van der Waals surface area contributed by atoms with Gasteiger partial charge >= 0.3 is 0 Å². The summed E-state index contributed by atoms with van der Waals surface area (Å²) in [5.74, 6) is 2.59. The number of nitrogens with zero attached hydrogens (tertiary/aromatic N) is 2. The van der Waals surface area contributed by atoms with Crippen LogP contribution in [0.15, 0.2) is 36.7 Å². The molecule has 3 heterocycles. The van der Waals surface area contributed by atoms with E-state index in [0.29, 0.717) is 5.69 Å². The Kier molecular flexibility index (Phi) is 5.76. The number of aliphatic hydroxyl groups excluding tert-OH is 1. The van der Waals surface area contributed by atoms with E-state index in [1.54, 1.807) is 0 Å². The lowest BCUT2D eigenvalue weighted by atomic mass is 10.1. The maximum atomic E-state index is 15.0. The van der Waals surface area contributed by atoms with Gasteiger partial charge < -0.3 is 29.4 Å². The fourth-order valence-electron chi connectivity index (χ4n) is 4.08. The Morgan fingerprint density at radius 2 is 1.97 bits per heavy atom. The molecule has 3 N–H and O–H groups in total. The molecular formula is C22H22F2N4O5S. The Balaban J connectivity index is 1.46. The lowest BCUT2D eigenvalue weighted by Crippen LogP contribution is -2.34. The van der Waals surface area contributed by atoms with Gasteiger partial charge in [-0.05, 0) is 30.1 Å². The molecule has 5 unspecified atom stereocenters. The molecule has 5 rings (SSSR count). The predicted molar refractivity (Wildman–Crippen MR) is 124 cm³/mol. The molecule has 2 aliphatic heterocycles. The van der Waals surface area contributed by atoms with Crippen molar-refractivity contribution in [3.63, 3.8) is 0 Å². The number of aromatic nitrogens is 2. The van der Waals surface area contributed by atoms with E-state index in [1.165, 1.54) is 42.9 Å². The Morgan fingerprint density at radius 3 is 2.76 bits per heavy atom. The second kappa shape index (κ2) is 8.62.